The molecule has 1 saturated heterocycles. The fraction of sp³-hybridized carbons (Fsp3) is 0.848. The van der Waals surface area contributed by atoms with Crippen molar-refractivity contribution >= 4 is 41.2 Å². The fourth-order valence-electron chi connectivity index (χ4n) is 6.78. The normalized spacial score (nSPS) is 13.2. The standard InChI is InChI=1S/C31H55N3O7.C15H28O6/c1-32-27(35)24-26(31(40)41)33-30(39)25-20-22-34(23-21-25)28(36)18-16-14-12-10-8-6-4-2-3-5-7-9-11-13-15-17-19-29(37)38;1-3-6-18-8-11-21-13-15(17)5-4-7-19-9-10-20-12-14(2)16/h25-26H,2-24H2,1H3,(H,32,35)(H,33,39)(H,37,38)(H,40,41);3-13H2,1-2H3/t26-;/m1./s1. The first-order valence-electron chi connectivity index (χ1n) is 23.5. The molecule has 1 aliphatic rings. The number of nitrogens with zero attached hydrogens (tertiary/aromatic N) is 1. The number of carbonyl (C=O) groups excluding carboxylic acids is 5. The van der Waals surface area contributed by atoms with E-state index in [-0.39, 0.29) is 48.9 Å². The lowest BCUT2D eigenvalue weighted by Crippen LogP contribution is -2.48. The SMILES string of the molecule is CCCOCCOCC(=O)CCCOCCOCC(C)=O.CNC(=O)C[C@@H](NC(=O)C1CCN(C(=O)CCCCCCCCCCCCCCCCCCC(=O)O)CC1)C(=O)O. The number of likely N-dealkylation sites (tertiary alicyclic amines) is 1. The zero-order valence-electron chi connectivity index (χ0n) is 38.5. The first-order valence-corrected chi connectivity index (χ1v) is 23.5. The smallest absolute Gasteiger partial charge is 0.326 e. The van der Waals surface area contributed by atoms with Gasteiger partial charge in [-0.1, -0.05) is 96.8 Å². The molecule has 0 bridgehead atoms. The van der Waals surface area contributed by atoms with Gasteiger partial charge in [-0.3, -0.25) is 28.8 Å². The van der Waals surface area contributed by atoms with Gasteiger partial charge in [-0.25, -0.2) is 4.79 Å². The van der Waals surface area contributed by atoms with Gasteiger partial charge in [0.2, 0.25) is 17.7 Å². The second-order valence-electron chi connectivity index (χ2n) is 16.2. The highest BCUT2D eigenvalue weighted by Gasteiger charge is 2.30. The monoisotopic (exact) mass is 886 g/mol. The van der Waals surface area contributed by atoms with Crippen LogP contribution in [0, 0.1) is 5.92 Å². The summed E-state index contributed by atoms with van der Waals surface area (Å²) in [7, 11) is 1.42. The summed E-state index contributed by atoms with van der Waals surface area (Å²) in [6.07, 6.45) is 22.5. The molecular weight excluding hydrogens is 803 g/mol. The van der Waals surface area contributed by atoms with Crippen LogP contribution in [0.4, 0.5) is 0 Å². The molecule has 1 aliphatic heterocycles. The Kier molecular flexibility index (Phi) is 39.2. The van der Waals surface area contributed by atoms with Gasteiger partial charge in [-0.15, -0.1) is 0 Å². The Morgan fingerprint density at radius 2 is 1.06 bits per heavy atom. The Morgan fingerprint density at radius 1 is 0.597 bits per heavy atom. The first-order chi connectivity index (χ1) is 29.9. The molecule has 62 heavy (non-hydrogen) atoms. The summed E-state index contributed by atoms with van der Waals surface area (Å²) in [6, 6.07) is -1.25. The van der Waals surface area contributed by atoms with Crippen LogP contribution in [0.15, 0.2) is 0 Å². The van der Waals surface area contributed by atoms with Crippen molar-refractivity contribution in [3.05, 3.63) is 0 Å². The van der Waals surface area contributed by atoms with Crippen molar-refractivity contribution in [1.29, 1.82) is 0 Å². The van der Waals surface area contributed by atoms with Crippen LogP contribution in [0.3, 0.4) is 0 Å². The van der Waals surface area contributed by atoms with E-state index in [1.54, 1.807) is 0 Å². The molecule has 0 unspecified atom stereocenters. The molecule has 16 heteroatoms. The van der Waals surface area contributed by atoms with Gasteiger partial charge in [0.05, 0.1) is 32.8 Å². The molecule has 0 radical (unpaired) electrons. The van der Waals surface area contributed by atoms with Crippen LogP contribution in [-0.2, 0) is 52.5 Å². The maximum absolute atomic E-state index is 12.6. The molecule has 0 spiro atoms. The summed E-state index contributed by atoms with van der Waals surface area (Å²) < 4.78 is 20.8. The number of carboxylic acid groups (broad SMARTS) is 2. The van der Waals surface area contributed by atoms with Crippen LogP contribution in [0.5, 0.6) is 0 Å². The second kappa shape index (κ2) is 41.5. The number of ether oxygens (including phenoxy) is 4. The average molecular weight is 886 g/mol. The number of hydrogen-bond donors (Lipinski definition) is 4. The van der Waals surface area contributed by atoms with Crippen molar-refractivity contribution in [3.63, 3.8) is 0 Å². The number of unbranched alkanes of at least 4 members (excludes halogenated alkanes) is 15. The van der Waals surface area contributed by atoms with Crippen molar-refractivity contribution in [2.45, 2.75) is 174 Å². The predicted molar refractivity (Wildman–Crippen MR) is 237 cm³/mol. The molecule has 16 nitrogen and oxygen atoms in total. The number of amides is 3. The molecule has 1 atom stereocenters. The largest absolute Gasteiger partial charge is 0.481 e. The van der Waals surface area contributed by atoms with E-state index in [0.717, 1.165) is 51.6 Å². The third-order valence-electron chi connectivity index (χ3n) is 10.4. The molecule has 0 aromatic carbocycles. The van der Waals surface area contributed by atoms with Crippen molar-refractivity contribution < 1.29 is 62.7 Å². The van der Waals surface area contributed by atoms with E-state index < -0.39 is 23.9 Å². The first kappa shape index (κ1) is 58.5. The molecule has 1 fully saturated rings. The van der Waals surface area contributed by atoms with Crippen molar-refractivity contribution in [2.75, 3.05) is 73.0 Å². The Balaban J connectivity index is 0.00000149. The highest BCUT2D eigenvalue weighted by Crippen LogP contribution is 2.20. The third-order valence-corrected chi connectivity index (χ3v) is 10.4. The number of nitrogens with one attached hydrogen (secondary N) is 2. The Hall–Kier alpha value is -3.47. The lowest BCUT2D eigenvalue weighted by molar-refractivity contribution is -0.144. The summed E-state index contributed by atoms with van der Waals surface area (Å²) in [5.41, 5.74) is 0. The van der Waals surface area contributed by atoms with Gasteiger partial charge in [-0.05, 0) is 45.4 Å². The lowest BCUT2D eigenvalue weighted by Gasteiger charge is -2.32. The van der Waals surface area contributed by atoms with E-state index in [1.807, 2.05) is 11.8 Å². The van der Waals surface area contributed by atoms with Crippen LogP contribution in [0.2, 0.25) is 0 Å². The predicted octanol–water partition coefficient (Wildman–Crippen LogP) is 6.44. The number of Topliss-reactive ketones (excluding diaryl/α,β-unsaturated/α-hetero) is 2. The van der Waals surface area contributed by atoms with E-state index in [1.165, 1.54) is 78.2 Å². The van der Waals surface area contributed by atoms with E-state index >= 15 is 0 Å². The second-order valence-corrected chi connectivity index (χ2v) is 16.2. The summed E-state index contributed by atoms with van der Waals surface area (Å²) in [4.78, 5) is 82.2. The molecule has 1 rings (SSSR count). The minimum absolute atomic E-state index is 0.000640. The van der Waals surface area contributed by atoms with Crippen LogP contribution in [0.25, 0.3) is 0 Å². The summed E-state index contributed by atoms with van der Waals surface area (Å²) in [5.74, 6) is -2.89. The quantitative estimate of drug-likeness (QED) is 0.0487. The summed E-state index contributed by atoms with van der Waals surface area (Å²) >= 11 is 0. The van der Waals surface area contributed by atoms with E-state index in [2.05, 4.69) is 10.6 Å². The van der Waals surface area contributed by atoms with Gasteiger partial charge in [0.1, 0.15) is 19.3 Å². The molecule has 0 aromatic heterocycles. The average Bonchev–Trinajstić information content (AvgIpc) is 3.24. The maximum atomic E-state index is 12.6. The van der Waals surface area contributed by atoms with Gasteiger partial charge >= 0.3 is 11.9 Å². The van der Waals surface area contributed by atoms with Crippen molar-refractivity contribution in [1.82, 2.24) is 15.5 Å². The summed E-state index contributed by atoms with van der Waals surface area (Å²) in [5, 5.41) is 22.7. The van der Waals surface area contributed by atoms with E-state index in [4.69, 9.17) is 24.1 Å². The topological polar surface area (TPSA) is 224 Å². The minimum Gasteiger partial charge on any atom is -0.481 e. The third kappa shape index (κ3) is 37.1. The number of piperidine rings is 1. The van der Waals surface area contributed by atoms with Gasteiger partial charge in [0.15, 0.2) is 11.6 Å². The van der Waals surface area contributed by atoms with E-state index in [0.29, 0.717) is 84.6 Å². The molecule has 360 valence electrons. The lowest BCUT2D eigenvalue weighted by atomic mass is 9.95. The molecule has 1 heterocycles. The highest BCUT2D eigenvalue weighted by atomic mass is 16.5. The highest BCUT2D eigenvalue weighted by molar-refractivity contribution is 5.89. The van der Waals surface area contributed by atoms with Crippen LogP contribution >= 0.6 is 0 Å². The Morgan fingerprint density at radius 3 is 1.53 bits per heavy atom. The van der Waals surface area contributed by atoms with E-state index in [9.17, 15) is 38.7 Å². The van der Waals surface area contributed by atoms with Gasteiger partial charge in [0, 0.05) is 58.5 Å². The number of hydrogen-bond acceptors (Lipinski definition) is 11. The molecule has 0 aliphatic carbocycles. The van der Waals surface area contributed by atoms with Crippen molar-refractivity contribution in [2.24, 2.45) is 5.92 Å². The molecule has 0 aromatic rings. The maximum Gasteiger partial charge on any atom is 0.326 e. The number of ketones is 2. The Labute approximate surface area is 371 Å². The van der Waals surface area contributed by atoms with Crippen LogP contribution < -0.4 is 10.6 Å². The Bertz CT molecular complexity index is 1210. The zero-order valence-corrected chi connectivity index (χ0v) is 38.5. The molecule has 3 amide bonds. The fourth-order valence-corrected chi connectivity index (χ4v) is 6.78. The minimum atomic E-state index is -1.25. The number of rotatable bonds is 40. The number of aliphatic carboxylic acids is 2. The molecular formula is C46H83N3O13. The van der Waals surface area contributed by atoms with Crippen LogP contribution in [-0.4, -0.2) is 135 Å². The summed E-state index contributed by atoms with van der Waals surface area (Å²) in [6.45, 7) is 7.84. The van der Waals surface area contributed by atoms with Crippen LogP contribution in [0.1, 0.15) is 168 Å². The number of carbonyl (C=O) groups is 7. The molecule has 0 saturated carbocycles. The molecule has 4 N–H and O–H groups in total. The van der Waals surface area contributed by atoms with Gasteiger partial charge in [0.25, 0.3) is 0 Å². The van der Waals surface area contributed by atoms with Gasteiger partial charge in [-0.2, -0.15) is 0 Å². The number of carboxylic acids is 2. The zero-order chi connectivity index (χ0) is 46.1. The van der Waals surface area contributed by atoms with Crippen molar-refractivity contribution in [3.8, 4) is 0 Å². The van der Waals surface area contributed by atoms with Gasteiger partial charge < -0.3 is 44.7 Å².